The topological polar surface area (TPSA) is 65.6 Å². The minimum Gasteiger partial charge on any atom is -0.378 e. The monoisotopic (exact) mass is 289 g/mol. The highest BCUT2D eigenvalue weighted by Crippen LogP contribution is 2.47. The summed E-state index contributed by atoms with van der Waals surface area (Å²) in [5.74, 6) is 0.567. The highest BCUT2D eigenvalue weighted by Gasteiger charge is 2.57. The average Bonchev–Trinajstić information content (AvgIpc) is 3.22. The number of hydrogen-bond donors (Lipinski definition) is 1. The summed E-state index contributed by atoms with van der Waals surface area (Å²) < 4.78 is 5.30. The van der Waals surface area contributed by atoms with E-state index < -0.39 is 0 Å². The number of carbonyl (C=O) groups is 2. The van der Waals surface area contributed by atoms with Crippen molar-refractivity contribution in [3.05, 3.63) is 24.0 Å². The molecule has 2 bridgehead atoms. The van der Waals surface area contributed by atoms with Crippen molar-refractivity contribution in [3.63, 3.8) is 0 Å². The molecule has 3 aliphatic heterocycles. The van der Waals surface area contributed by atoms with Crippen LogP contribution in [0.4, 0.5) is 0 Å². The van der Waals surface area contributed by atoms with Crippen LogP contribution < -0.4 is 0 Å². The second-order valence-electron chi connectivity index (χ2n) is 6.07. The van der Waals surface area contributed by atoms with Gasteiger partial charge in [0.25, 0.3) is 5.91 Å². The predicted molar refractivity (Wildman–Crippen MR) is 74.6 cm³/mol. The van der Waals surface area contributed by atoms with Crippen molar-refractivity contribution in [3.8, 4) is 0 Å². The lowest BCUT2D eigenvalue weighted by Crippen LogP contribution is -2.53. The molecule has 1 saturated carbocycles. The molecule has 4 heterocycles. The van der Waals surface area contributed by atoms with E-state index in [0.717, 1.165) is 6.42 Å². The number of carbonyl (C=O) groups excluding carboxylic acids is 2. The summed E-state index contributed by atoms with van der Waals surface area (Å²) in [6.07, 6.45) is 2.72. The normalized spacial score (nSPS) is 31.1. The summed E-state index contributed by atoms with van der Waals surface area (Å²) >= 11 is 0. The summed E-state index contributed by atoms with van der Waals surface area (Å²) in [5, 5.41) is 0. The second kappa shape index (κ2) is 4.87. The molecule has 0 radical (unpaired) electrons. The van der Waals surface area contributed by atoms with Gasteiger partial charge < -0.3 is 19.5 Å². The minimum atomic E-state index is 0.00186. The van der Waals surface area contributed by atoms with Crippen LogP contribution in [0.25, 0.3) is 0 Å². The van der Waals surface area contributed by atoms with E-state index in [1.165, 1.54) is 0 Å². The highest BCUT2D eigenvalue weighted by molar-refractivity contribution is 5.94. The van der Waals surface area contributed by atoms with Crippen LogP contribution in [-0.2, 0) is 9.53 Å². The summed E-state index contributed by atoms with van der Waals surface area (Å²) in [6, 6.07) is 3.70. The fraction of sp³-hybridized carbons (Fsp3) is 0.600. The summed E-state index contributed by atoms with van der Waals surface area (Å²) in [4.78, 5) is 31.8. The maximum Gasteiger partial charge on any atom is 0.270 e. The molecule has 3 atom stereocenters. The number of amides is 2. The Morgan fingerprint density at radius 1 is 1.29 bits per heavy atom. The maximum absolute atomic E-state index is 12.6. The van der Waals surface area contributed by atoms with E-state index in [1.807, 2.05) is 15.9 Å². The fourth-order valence-electron chi connectivity index (χ4n) is 3.83. The molecular formula is C15H19N3O3. The van der Waals surface area contributed by atoms with Crippen LogP contribution in [0.1, 0.15) is 16.9 Å². The van der Waals surface area contributed by atoms with Crippen LogP contribution in [0.15, 0.2) is 18.3 Å². The third kappa shape index (κ3) is 1.97. The van der Waals surface area contributed by atoms with E-state index in [4.69, 9.17) is 4.74 Å². The van der Waals surface area contributed by atoms with Gasteiger partial charge in [0.1, 0.15) is 5.69 Å². The lowest BCUT2D eigenvalue weighted by molar-refractivity contribution is -0.144. The first-order chi connectivity index (χ1) is 10.3. The molecule has 0 spiro atoms. The Morgan fingerprint density at radius 3 is 2.81 bits per heavy atom. The molecule has 21 heavy (non-hydrogen) atoms. The number of nitrogens with one attached hydrogen (secondary N) is 1. The number of hydrogen-bond acceptors (Lipinski definition) is 3. The fourth-order valence-corrected chi connectivity index (χ4v) is 3.83. The molecule has 2 amide bonds. The Bertz CT molecular complexity index is 551. The van der Waals surface area contributed by atoms with Gasteiger partial charge in [0.2, 0.25) is 5.91 Å². The van der Waals surface area contributed by atoms with E-state index in [0.29, 0.717) is 44.5 Å². The first-order valence-corrected chi connectivity index (χ1v) is 7.56. The SMILES string of the molecule is O=C([C@H]1[C@@H]2C[C@H]1N(C(=O)c1ccc[nH]1)C2)N1CCOCC1. The first-order valence-electron chi connectivity index (χ1n) is 7.56. The zero-order chi connectivity index (χ0) is 14.4. The van der Waals surface area contributed by atoms with Crippen LogP contribution in [0.3, 0.4) is 0 Å². The van der Waals surface area contributed by atoms with Crippen molar-refractivity contribution < 1.29 is 14.3 Å². The lowest BCUT2D eigenvalue weighted by atomic mass is 9.73. The van der Waals surface area contributed by atoms with Crippen molar-refractivity contribution in [1.29, 1.82) is 0 Å². The quantitative estimate of drug-likeness (QED) is 0.853. The number of aromatic nitrogens is 1. The van der Waals surface area contributed by atoms with Gasteiger partial charge >= 0.3 is 0 Å². The maximum atomic E-state index is 12.6. The van der Waals surface area contributed by atoms with Crippen molar-refractivity contribution in [1.82, 2.24) is 14.8 Å². The molecule has 1 aliphatic carbocycles. The third-order valence-corrected chi connectivity index (χ3v) is 5.00. The molecule has 4 fully saturated rings. The smallest absolute Gasteiger partial charge is 0.270 e. The first kappa shape index (κ1) is 12.9. The van der Waals surface area contributed by atoms with Crippen molar-refractivity contribution in [2.24, 2.45) is 11.8 Å². The Kier molecular flexibility index (Phi) is 2.99. The zero-order valence-electron chi connectivity index (χ0n) is 11.8. The summed E-state index contributed by atoms with van der Waals surface area (Å²) in [6.45, 7) is 3.32. The zero-order valence-corrected chi connectivity index (χ0v) is 11.8. The molecule has 3 saturated heterocycles. The van der Waals surface area contributed by atoms with Gasteiger partial charge in [-0.3, -0.25) is 9.59 Å². The predicted octanol–water partition coefficient (Wildman–Crippen LogP) is 0.334. The average molecular weight is 289 g/mol. The molecule has 1 aromatic heterocycles. The van der Waals surface area contributed by atoms with E-state index in [1.54, 1.807) is 12.3 Å². The van der Waals surface area contributed by atoms with Gasteiger partial charge in [0, 0.05) is 31.9 Å². The standard InChI is InChI=1S/C15H19N3O3/c19-14(11-2-1-3-16-11)18-9-10-8-12(18)13(10)15(20)17-4-6-21-7-5-17/h1-3,10,12-13,16H,4-9H2/t10-,12-,13+/m1/s1. The molecule has 1 aromatic rings. The van der Waals surface area contributed by atoms with Gasteiger partial charge in [0.05, 0.1) is 19.1 Å². The number of aromatic amines is 1. The largest absolute Gasteiger partial charge is 0.378 e. The van der Waals surface area contributed by atoms with Crippen molar-refractivity contribution in [2.45, 2.75) is 12.5 Å². The molecule has 5 rings (SSSR count). The molecule has 4 aliphatic rings. The Balaban J connectivity index is 1.46. The van der Waals surface area contributed by atoms with Gasteiger partial charge in [-0.05, 0) is 24.5 Å². The van der Waals surface area contributed by atoms with E-state index in [2.05, 4.69) is 4.98 Å². The van der Waals surface area contributed by atoms with Crippen LogP contribution in [-0.4, -0.2) is 65.5 Å². The lowest BCUT2D eigenvalue weighted by Gasteiger charge is -2.39. The van der Waals surface area contributed by atoms with E-state index in [-0.39, 0.29) is 23.8 Å². The van der Waals surface area contributed by atoms with E-state index >= 15 is 0 Å². The highest BCUT2D eigenvalue weighted by atomic mass is 16.5. The molecule has 1 N–H and O–H groups in total. The van der Waals surface area contributed by atoms with Crippen LogP contribution in [0.5, 0.6) is 0 Å². The van der Waals surface area contributed by atoms with Crippen molar-refractivity contribution >= 4 is 11.8 Å². The Labute approximate surface area is 123 Å². The number of nitrogens with zero attached hydrogens (tertiary/aromatic N) is 2. The molecule has 0 unspecified atom stereocenters. The minimum absolute atomic E-state index is 0.00186. The second-order valence-corrected chi connectivity index (χ2v) is 6.07. The molecule has 112 valence electrons. The van der Waals surface area contributed by atoms with Crippen molar-refractivity contribution in [2.75, 3.05) is 32.8 Å². The number of fused-ring (bicyclic) bond motifs is 1. The number of rotatable bonds is 2. The third-order valence-electron chi connectivity index (χ3n) is 5.00. The van der Waals surface area contributed by atoms with Gasteiger partial charge in [-0.25, -0.2) is 0 Å². The van der Waals surface area contributed by atoms with Crippen LogP contribution in [0, 0.1) is 11.8 Å². The number of morpholine rings is 1. The molecule has 6 nitrogen and oxygen atoms in total. The molecule has 0 aromatic carbocycles. The Morgan fingerprint density at radius 2 is 2.10 bits per heavy atom. The summed E-state index contributed by atoms with van der Waals surface area (Å²) in [5.41, 5.74) is 0.611. The molecular weight excluding hydrogens is 270 g/mol. The van der Waals surface area contributed by atoms with Gasteiger partial charge in [0.15, 0.2) is 0 Å². The van der Waals surface area contributed by atoms with E-state index in [9.17, 15) is 9.59 Å². The number of ether oxygens (including phenoxy) is 1. The van der Waals surface area contributed by atoms with Gasteiger partial charge in [-0.1, -0.05) is 0 Å². The van der Waals surface area contributed by atoms with Gasteiger partial charge in [-0.15, -0.1) is 0 Å². The van der Waals surface area contributed by atoms with Crippen LogP contribution in [0.2, 0.25) is 0 Å². The molecule has 6 heteroatoms. The van der Waals surface area contributed by atoms with Gasteiger partial charge in [-0.2, -0.15) is 0 Å². The Hall–Kier alpha value is -1.82. The number of H-pyrrole nitrogens is 1. The van der Waals surface area contributed by atoms with Crippen LogP contribution >= 0.6 is 0 Å². The summed E-state index contributed by atoms with van der Waals surface area (Å²) in [7, 11) is 0.